The monoisotopic (exact) mass is 999 g/mol. The predicted octanol–water partition coefficient (Wildman–Crippen LogP) is 15.1. The van der Waals surface area contributed by atoms with Crippen LogP contribution in [0.1, 0.15) is 273 Å². The second-order valence-electron chi connectivity index (χ2n) is 20.0. The van der Waals surface area contributed by atoms with Crippen molar-refractivity contribution in [3.63, 3.8) is 0 Å². The second-order valence-corrected chi connectivity index (χ2v) is 20.0. The second kappa shape index (κ2) is 41.4. The standard InChI is InChI=1S/C59H98O12/c1-6-8-10-12-14-16-18-20-22-24-26-28-32-36-52(60)68-44-49(45-69-53(61)37-33-29-27-25-23-21-19-17-15-13-11-9-7-2)71-55(63)38-34-30-31-35-43-67-54(62)42-40-47(3)39-41-50-57(64)56-51(46-70-59(56)65)48(4)58(50)66-5/h39,49,64H,6-38,40-46H2,1-5H3/b47-39+. The average molecular weight is 999 g/mol. The van der Waals surface area contributed by atoms with Gasteiger partial charge in [0.15, 0.2) is 6.10 Å². The third-order valence-corrected chi connectivity index (χ3v) is 13.7. The van der Waals surface area contributed by atoms with Crippen molar-refractivity contribution < 1.29 is 57.5 Å². The summed E-state index contributed by atoms with van der Waals surface area (Å²) in [5, 5.41) is 10.9. The van der Waals surface area contributed by atoms with E-state index in [1.807, 2.05) is 19.9 Å². The molecular weight excluding hydrogens is 901 g/mol. The van der Waals surface area contributed by atoms with Crippen LogP contribution in [0, 0.1) is 6.92 Å². The molecule has 0 saturated carbocycles. The molecule has 0 atom stereocenters. The fraction of sp³-hybridized carbons (Fsp3) is 0.780. The summed E-state index contributed by atoms with van der Waals surface area (Å²) in [6.45, 7) is 8.32. The number of methoxy groups -OCH3 is 1. The van der Waals surface area contributed by atoms with Gasteiger partial charge in [0.25, 0.3) is 0 Å². The van der Waals surface area contributed by atoms with Crippen molar-refractivity contribution in [2.45, 2.75) is 272 Å². The SMILES string of the molecule is CCCCCCCCCCCCCCCC(=O)OCC(COC(=O)CCCCCCCCCCCCCCC)OC(=O)CCCCCCOC(=O)CC/C(C)=C/Cc1c(O)c2c(c(C)c1OC)COC2=O. The lowest BCUT2D eigenvalue weighted by atomic mass is 9.94. The number of rotatable bonds is 46. The van der Waals surface area contributed by atoms with Crippen molar-refractivity contribution in [3.8, 4) is 11.5 Å². The minimum absolute atomic E-state index is 0.109. The number of phenols is 1. The van der Waals surface area contributed by atoms with Crippen LogP contribution >= 0.6 is 0 Å². The molecule has 1 aliphatic rings. The van der Waals surface area contributed by atoms with Gasteiger partial charge in [-0.1, -0.05) is 192 Å². The van der Waals surface area contributed by atoms with E-state index in [0.717, 1.165) is 62.5 Å². The number of phenolic OH excluding ortho intramolecular Hbond substituents is 1. The summed E-state index contributed by atoms with van der Waals surface area (Å²) in [6, 6.07) is 0. The number of esters is 5. The smallest absolute Gasteiger partial charge is 0.342 e. The van der Waals surface area contributed by atoms with Crippen LogP contribution in [0.5, 0.6) is 11.5 Å². The highest BCUT2D eigenvalue weighted by Gasteiger charge is 2.32. The van der Waals surface area contributed by atoms with Crippen molar-refractivity contribution in [3.05, 3.63) is 33.9 Å². The molecule has 0 unspecified atom stereocenters. The quantitative estimate of drug-likeness (QED) is 0.0285. The van der Waals surface area contributed by atoms with E-state index in [1.54, 1.807) is 0 Å². The van der Waals surface area contributed by atoms with E-state index in [0.29, 0.717) is 55.4 Å². The molecule has 0 fully saturated rings. The van der Waals surface area contributed by atoms with Crippen LogP contribution in [0.2, 0.25) is 0 Å². The Morgan fingerprint density at radius 1 is 0.563 bits per heavy atom. The first-order valence-corrected chi connectivity index (χ1v) is 28.4. The average Bonchev–Trinajstić information content (AvgIpc) is 3.76. The highest BCUT2D eigenvalue weighted by atomic mass is 16.6. The first kappa shape index (κ1) is 63.0. The Hall–Kier alpha value is -4.09. The zero-order chi connectivity index (χ0) is 51.7. The molecule has 12 nitrogen and oxygen atoms in total. The van der Waals surface area contributed by atoms with Crippen molar-refractivity contribution in [2.75, 3.05) is 26.9 Å². The number of ether oxygens (including phenoxy) is 6. The molecule has 0 spiro atoms. The van der Waals surface area contributed by atoms with Crippen molar-refractivity contribution >= 4 is 29.8 Å². The first-order valence-electron chi connectivity index (χ1n) is 28.4. The van der Waals surface area contributed by atoms with Crippen LogP contribution < -0.4 is 4.74 Å². The maximum Gasteiger partial charge on any atom is 0.342 e. The van der Waals surface area contributed by atoms with E-state index in [-0.39, 0.29) is 68.5 Å². The van der Waals surface area contributed by atoms with Gasteiger partial charge in [-0.3, -0.25) is 19.2 Å². The number of unbranched alkanes of at least 4 members (excludes halogenated alkanes) is 27. The van der Waals surface area contributed by atoms with Gasteiger partial charge in [0, 0.05) is 36.8 Å². The van der Waals surface area contributed by atoms with Crippen LogP contribution in [0.3, 0.4) is 0 Å². The largest absolute Gasteiger partial charge is 0.507 e. The maximum atomic E-state index is 12.9. The van der Waals surface area contributed by atoms with Crippen molar-refractivity contribution in [1.29, 1.82) is 0 Å². The van der Waals surface area contributed by atoms with Crippen LogP contribution in [0.4, 0.5) is 0 Å². The lowest BCUT2D eigenvalue weighted by molar-refractivity contribution is -0.167. The molecule has 1 aromatic rings. The van der Waals surface area contributed by atoms with Gasteiger partial charge in [-0.05, 0) is 57.9 Å². The van der Waals surface area contributed by atoms with Gasteiger partial charge < -0.3 is 33.5 Å². The topological polar surface area (TPSA) is 161 Å². The van der Waals surface area contributed by atoms with Gasteiger partial charge in [-0.2, -0.15) is 0 Å². The Morgan fingerprint density at radius 3 is 1.42 bits per heavy atom. The molecule has 406 valence electrons. The number of hydrogen-bond donors (Lipinski definition) is 1. The van der Waals surface area contributed by atoms with E-state index in [4.69, 9.17) is 28.4 Å². The van der Waals surface area contributed by atoms with Gasteiger partial charge in [0.1, 0.15) is 36.9 Å². The van der Waals surface area contributed by atoms with Gasteiger partial charge in [0.05, 0.1) is 13.7 Å². The molecule has 1 aliphatic heterocycles. The van der Waals surface area contributed by atoms with Gasteiger partial charge in [-0.15, -0.1) is 0 Å². The molecular formula is C59H98O12. The lowest BCUT2D eigenvalue weighted by Crippen LogP contribution is -2.30. The number of aromatic hydroxyl groups is 1. The van der Waals surface area contributed by atoms with E-state index in [1.165, 1.54) is 136 Å². The van der Waals surface area contributed by atoms with Crippen LogP contribution in [0.25, 0.3) is 0 Å². The predicted molar refractivity (Wildman–Crippen MR) is 282 cm³/mol. The molecule has 0 aromatic heterocycles. The van der Waals surface area contributed by atoms with Gasteiger partial charge >= 0.3 is 29.8 Å². The third kappa shape index (κ3) is 29.9. The van der Waals surface area contributed by atoms with E-state index < -0.39 is 18.0 Å². The fourth-order valence-electron chi connectivity index (χ4n) is 9.14. The molecule has 0 radical (unpaired) electrons. The number of benzene rings is 1. The first-order chi connectivity index (χ1) is 34.5. The molecule has 0 aliphatic carbocycles. The molecule has 2 rings (SSSR count). The minimum atomic E-state index is -0.870. The molecule has 0 saturated heterocycles. The van der Waals surface area contributed by atoms with Gasteiger partial charge in [0.2, 0.25) is 0 Å². The number of fused-ring (bicyclic) bond motifs is 1. The number of allylic oxidation sites excluding steroid dienone is 2. The molecule has 1 heterocycles. The third-order valence-electron chi connectivity index (χ3n) is 13.7. The summed E-state index contributed by atoms with van der Waals surface area (Å²) < 4.78 is 32.9. The fourth-order valence-corrected chi connectivity index (χ4v) is 9.14. The minimum Gasteiger partial charge on any atom is -0.507 e. The molecule has 1 aromatic carbocycles. The van der Waals surface area contributed by atoms with E-state index >= 15 is 0 Å². The summed E-state index contributed by atoms with van der Waals surface area (Å²) in [5.74, 6) is -1.57. The Labute approximate surface area is 429 Å². The summed E-state index contributed by atoms with van der Waals surface area (Å²) in [7, 11) is 1.53. The van der Waals surface area contributed by atoms with Crippen molar-refractivity contribution in [2.24, 2.45) is 0 Å². The number of carbonyl (C=O) groups is 5. The van der Waals surface area contributed by atoms with E-state index in [2.05, 4.69) is 13.8 Å². The molecule has 1 N–H and O–H groups in total. The molecule has 12 heteroatoms. The van der Waals surface area contributed by atoms with E-state index in [9.17, 15) is 29.1 Å². The summed E-state index contributed by atoms with van der Waals surface area (Å²) in [6.07, 6.45) is 37.4. The normalized spacial score (nSPS) is 12.3. The van der Waals surface area contributed by atoms with Gasteiger partial charge in [-0.25, -0.2) is 4.79 Å². The Bertz CT molecular complexity index is 1620. The Morgan fingerprint density at radius 2 is 0.972 bits per heavy atom. The highest BCUT2D eigenvalue weighted by Crippen LogP contribution is 2.42. The maximum absolute atomic E-state index is 12.9. The lowest BCUT2D eigenvalue weighted by Gasteiger charge is -2.18. The van der Waals surface area contributed by atoms with Crippen LogP contribution in [0.15, 0.2) is 11.6 Å². The number of cyclic esters (lactones) is 1. The molecule has 0 bridgehead atoms. The Kier molecular flexibility index (Phi) is 36.7. The summed E-state index contributed by atoms with van der Waals surface area (Å²) in [5.41, 5.74) is 3.03. The van der Waals surface area contributed by atoms with Crippen LogP contribution in [-0.4, -0.2) is 68.0 Å². The molecule has 71 heavy (non-hydrogen) atoms. The zero-order valence-electron chi connectivity index (χ0n) is 45.4. The Balaban J connectivity index is 1.67. The highest BCUT2D eigenvalue weighted by molar-refractivity contribution is 5.98. The number of hydrogen-bond acceptors (Lipinski definition) is 12. The summed E-state index contributed by atoms with van der Waals surface area (Å²) >= 11 is 0. The number of carbonyl (C=O) groups excluding carboxylic acids is 5. The van der Waals surface area contributed by atoms with Crippen LogP contribution in [-0.2, 0) is 55.9 Å². The summed E-state index contributed by atoms with van der Waals surface area (Å²) in [4.78, 5) is 62.9. The zero-order valence-corrected chi connectivity index (χ0v) is 45.4. The molecule has 0 amide bonds. The van der Waals surface area contributed by atoms with Crippen molar-refractivity contribution in [1.82, 2.24) is 0 Å².